The molecule has 0 aliphatic carbocycles. The topological polar surface area (TPSA) is 91.1 Å². The maximum absolute atomic E-state index is 5.98. The van der Waals surface area contributed by atoms with Crippen molar-refractivity contribution in [3.05, 3.63) is 89.0 Å². The van der Waals surface area contributed by atoms with Crippen molar-refractivity contribution in [2.45, 2.75) is 26.1 Å². The number of nitrogens with two attached hydrogens (primary N) is 1. The molecule has 1 saturated heterocycles. The van der Waals surface area contributed by atoms with Gasteiger partial charge in [-0.25, -0.2) is 0 Å². The molecule has 3 aromatic rings. The Hall–Kier alpha value is -3.22. The molecule has 1 aliphatic heterocycles. The SMILES string of the molecule is COCOc1ccccc1CN1CCN(Cc2ccccc2OCOC)CCN(Cc2cc(CCN)ccc2OCOC)CC1. The Bertz CT molecular complexity index is 1210. The molecule has 0 spiro atoms. The molecule has 1 fully saturated rings. The molecule has 0 atom stereocenters. The Balaban J connectivity index is 1.57. The van der Waals surface area contributed by atoms with Crippen molar-refractivity contribution >= 4 is 0 Å². The van der Waals surface area contributed by atoms with Crippen molar-refractivity contribution in [1.82, 2.24) is 14.7 Å². The van der Waals surface area contributed by atoms with Gasteiger partial charge in [0, 0.05) is 96.9 Å². The third-order valence-corrected chi connectivity index (χ3v) is 7.88. The van der Waals surface area contributed by atoms with E-state index in [1.54, 1.807) is 21.3 Å². The summed E-state index contributed by atoms with van der Waals surface area (Å²) >= 11 is 0. The fourth-order valence-corrected chi connectivity index (χ4v) is 5.52. The predicted octanol–water partition coefficient (Wildman–Crippen LogP) is 3.96. The second-order valence-electron chi connectivity index (χ2n) is 11.2. The number of nitrogens with zero attached hydrogens (tertiary/aromatic N) is 3. The summed E-state index contributed by atoms with van der Waals surface area (Å²) in [5.41, 5.74) is 10.6. The molecular weight excluding hydrogens is 572 g/mol. The highest BCUT2D eigenvalue weighted by atomic mass is 16.7. The molecule has 0 aromatic heterocycles. The van der Waals surface area contributed by atoms with Gasteiger partial charge in [-0.1, -0.05) is 48.5 Å². The highest BCUT2D eigenvalue weighted by Gasteiger charge is 2.20. The second kappa shape index (κ2) is 19.3. The van der Waals surface area contributed by atoms with Gasteiger partial charge in [-0.2, -0.15) is 0 Å². The van der Waals surface area contributed by atoms with Gasteiger partial charge in [0.25, 0.3) is 0 Å². The molecule has 2 N–H and O–H groups in total. The molecule has 246 valence electrons. The highest BCUT2D eigenvalue weighted by Crippen LogP contribution is 2.25. The largest absolute Gasteiger partial charge is 0.467 e. The fraction of sp³-hybridized carbons (Fsp3) is 0.486. The van der Waals surface area contributed by atoms with E-state index in [0.29, 0.717) is 6.54 Å². The Kier molecular flexibility index (Phi) is 14.9. The van der Waals surface area contributed by atoms with E-state index in [9.17, 15) is 0 Å². The Morgan fingerprint density at radius 3 is 1.36 bits per heavy atom. The molecule has 0 radical (unpaired) electrons. The third kappa shape index (κ3) is 11.3. The average molecular weight is 623 g/mol. The summed E-state index contributed by atoms with van der Waals surface area (Å²) in [6, 6.07) is 22.8. The minimum atomic E-state index is 0.208. The van der Waals surface area contributed by atoms with Gasteiger partial charge in [0.05, 0.1) is 0 Å². The third-order valence-electron chi connectivity index (χ3n) is 7.88. The van der Waals surface area contributed by atoms with Crippen LogP contribution in [-0.4, -0.2) is 102 Å². The molecule has 4 rings (SSSR count). The fourth-order valence-electron chi connectivity index (χ4n) is 5.52. The van der Waals surface area contributed by atoms with Crippen molar-refractivity contribution in [3.8, 4) is 17.2 Å². The monoisotopic (exact) mass is 622 g/mol. The summed E-state index contributed by atoms with van der Waals surface area (Å²) in [4.78, 5) is 7.55. The van der Waals surface area contributed by atoms with Crippen molar-refractivity contribution < 1.29 is 28.4 Å². The molecule has 0 unspecified atom stereocenters. The van der Waals surface area contributed by atoms with Crippen LogP contribution in [0.5, 0.6) is 17.2 Å². The quantitative estimate of drug-likeness (QED) is 0.223. The first-order valence-electron chi connectivity index (χ1n) is 15.6. The van der Waals surface area contributed by atoms with Gasteiger partial charge in [-0.05, 0) is 36.7 Å². The van der Waals surface area contributed by atoms with Gasteiger partial charge in [-0.15, -0.1) is 0 Å². The Morgan fingerprint density at radius 1 is 0.533 bits per heavy atom. The molecule has 0 amide bonds. The average Bonchev–Trinajstić information content (AvgIpc) is 3.15. The van der Waals surface area contributed by atoms with Crippen LogP contribution in [0.4, 0.5) is 0 Å². The lowest BCUT2D eigenvalue weighted by atomic mass is 10.1. The summed E-state index contributed by atoms with van der Waals surface area (Å²) in [6.07, 6.45) is 0.828. The van der Waals surface area contributed by atoms with Crippen molar-refractivity contribution in [3.63, 3.8) is 0 Å². The number of hydrogen-bond acceptors (Lipinski definition) is 10. The van der Waals surface area contributed by atoms with Crippen LogP contribution >= 0.6 is 0 Å². The first-order valence-corrected chi connectivity index (χ1v) is 15.6. The summed E-state index contributed by atoms with van der Waals surface area (Å²) in [5, 5.41) is 0. The molecule has 0 saturated carbocycles. The van der Waals surface area contributed by atoms with E-state index in [4.69, 9.17) is 34.2 Å². The van der Waals surface area contributed by atoms with Crippen molar-refractivity contribution in [2.75, 3.05) is 87.5 Å². The van der Waals surface area contributed by atoms with Crippen LogP contribution < -0.4 is 19.9 Å². The van der Waals surface area contributed by atoms with Crippen molar-refractivity contribution in [2.24, 2.45) is 5.73 Å². The molecule has 45 heavy (non-hydrogen) atoms. The van der Waals surface area contributed by atoms with Crippen LogP contribution in [0, 0.1) is 0 Å². The number of ether oxygens (including phenoxy) is 6. The van der Waals surface area contributed by atoms with Gasteiger partial charge in [0.15, 0.2) is 20.4 Å². The van der Waals surface area contributed by atoms with Gasteiger partial charge >= 0.3 is 0 Å². The van der Waals surface area contributed by atoms with E-state index in [2.05, 4.69) is 51.1 Å². The van der Waals surface area contributed by atoms with E-state index >= 15 is 0 Å². The van der Waals surface area contributed by atoms with E-state index in [-0.39, 0.29) is 20.4 Å². The van der Waals surface area contributed by atoms with Crippen LogP contribution in [0.1, 0.15) is 22.3 Å². The number of rotatable bonds is 17. The Morgan fingerprint density at radius 2 is 0.933 bits per heavy atom. The van der Waals surface area contributed by atoms with E-state index in [1.807, 2.05) is 30.3 Å². The van der Waals surface area contributed by atoms with E-state index in [0.717, 1.165) is 99.3 Å². The van der Waals surface area contributed by atoms with Gasteiger partial charge in [0.1, 0.15) is 17.2 Å². The molecule has 0 bridgehead atoms. The van der Waals surface area contributed by atoms with Crippen LogP contribution in [0.3, 0.4) is 0 Å². The van der Waals surface area contributed by atoms with Crippen LogP contribution in [0.25, 0.3) is 0 Å². The zero-order valence-electron chi connectivity index (χ0n) is 27.1. The number of methoxy groups -OCH3 is 3. The molecule has 1 aliphatic rings. The summed E-state index contributed by atoms with van der Waals surface area (Å²) in [7, 11) is 4.93. The number of para-hydroxylation sites is 2. The summed E-state index contributed by atoms with van der Waals surface area (Å²) in [6.45, 7) is 9.07. The minimum absolute atomic E-state index is 0.208. The van der Waals surface area contributed by atoms with E-state index in [1.165, 1.54) is 5.56 Å². The zero-order valence-corrected chi connectivity index (χ0v) is 27.1. The highest BCUT2D eigenvalue weighted by molar-refractivity contribution is 5.38. The lowest BCUT2D eigenvalue weighted by Crippen LogP contribution is -2.35. The number of benzene rings is 3. The first kappa shape index (κ1) is 34.6. The molecule has 10 heteroatoms. The maximum Gasteiger partial charge on any atom is 0.188 e. The van der Waals surface area contributed by atoms with Gasteiger partial charge in [0.2, 0.25) is 0 Å². The summed E-state index contributed by atoms with van der Waals surface area (Å²) in [5.74, 6) is 2.56. The smallest absolute Gasteiger partial charge is 0.188 e. The molecule has 3 aromatic carbocycles. The van der Waals surface area contributed by atoms with Gasteiger partial charge in [-0.3, -0.25) is 14.7 Å². The lowest BCUT2D eigenvalue weighted by molar-refractivity contribution is 0.0493. The zero-order chi connectivity index (χ0) is 31.7. The Labute approximate surface area is 268 Å². The van der Waals surface area contributed by atoms with Crippen LogP contribution in [0.2, 0.25) is 0 Å². The van der Waals surface area contributed by atoms with Crippen LogP contribution in [0.15, 0.2) is 66.7 Å². The normalized spacial score (nSPS) is 15.3. The lowest BCUT2D eigenvalue weighted by Gasteiger charge is -2.27. The maximum atomic E-state index is 5.98. The minimum Gasteiger partial charge on any atom is -0.467 e. The van der Waals surface area contributed by atoms with Crippen molar-refractivity contribution in [1.29, 1.82) is 0 Å². The number of hydrogen-bond donors (Lipinski definition) is 1. The molecule has 10 nitrogen and oxygen atoms in total. The van der Waals surface area contributed by atoms with Crippen LogP contribution in [-0.2, 0) is 40.3 Å². The van der Waals surface area contributed by atoms with E-state index < -0.39 is 0 Å². The standard InChI is InChI=1S/C35H50N4O6/c1-40-26-43-33-10-6-4-8-30(33)23-37-16-17-38(24-31-9-5-7-11-34(31)44-27-41-2)19-21-39(20-18-37)25-32-22-29(14-15-36)12-13-35(32)45-28-42-3/h4-13,22H,14-21,23-28,36H2,1-3H3. The first-order chi connectivity index (χ1) is 22.1. The summed E-state index contributed by atoms with van der Waals surface area (Å²) < 4.78 is 33.4. The molecular formula is C35H50N4O6. The van der Waals surface area contributed by atoms with Gasteiger partial charge < -0.3 is 34.2 Å². The predicted molar refractivity (Wildman–Crippen MR) is 175 cm³/mol. The second-order valence-corrected chi connectivity index (χ2v) is 11.2. The molecule has 1 heterocycles.